The number of rotatable bonds is 10. The summed E-state index contributed by atoms with van der Waals surface area (Å²) in [5.74, 6) is -0.483. The molecule has 0 aliphatic carbocycles. The molecule has 0 bridgehead atoms. The average molecular weight is 644 g/mol. The standard InChI is InChI=1S/C31H28Cl2N2O5S2/c32-24-6-7-25(26(33)18-24)21-4-1-3-20(15-21)16-28-29(36)35(31(41)42-28)9-2-12-40-27-8-5-22(30(37)38)17-23(27)19-34-10-13-39-14-11-34/h1,3-8,15-18H,2,9-14,19H2,(H,37,38)/b28-16-. The predicted molar refractivity (Wildman–Crippen MR) is 171 cm³/mol. The molecule has 0 aromatic heterocycles. The van der Waals surface area contributed by atoms with Crippen LogP contribution >= 0.6 is 47.2 Å². The summed E-state index contributed by atoms with van der Waals surface area (Å²) in [5.41, 5.74) is 3.67. The molecule has 7 nitrogen and oxygen atoms in total. The number of hydrogen-bond acceptors (Lipinski definition) is 7. The van der Waals surface area contributed by atoms with Crippen LogP contribution < -0.4 is 4.74 Å². The first-order chi connectivity index (χ1) is 20.3. The van der Waals surface area contributed by atoms with Crippen molar-refractivity contribution in [3.63, 3.8) is 0 Å². The van der Waals surface area contributed by atoms with E-state index in [-0.39, 0.29) is 11.5 Å². The van der Waals surface area contributed by atoms with Crippen molar-refractivity contribution in [1.82, 2.24) is 9.80 Å². The smallest absolute Gasteiger partial charge is 0.335 e. The average Bonchev–Trinajstić information content (AvgIpc) is 3.23. The number of benzene rings is 3. The summed E-state index contributed by atoms with van der Waals surface area (Å²) in [7, 11) is 0. The molecule has 2 saturated heterocycles. The summed E-state index contributed by atoms with van der Waals surface area (Å²) >= 11 is 19.2. The number of hydrogen-bond donors (Lipinski definition) is 1. The van der Waals surface area contributed by atoms with Crippen molar-refractivity contribution in [1.29, 1.82) is 0 Å². The van der Waals surface area contributed by atoms with Gasteiger partial charge in [0.2, 0.25) is 0 Å². The lowest BCUT2D eigenvalue weighted by Gasteiger charge is -2.27. The first kappa shape index (κ1) is 30.5. The third-order valence-corrected chi connectivity index (χ3v) is 8.81. The maximum absolute atomic E-state index is 13.2. The second-order valence-electron chi connectivity index (χ2n) is 9.80. The predicted octanol–water partition coefficient (Wildman–Crippen LogP) is 6.86. The molecule has 2 aliphatic heterocycles. The van der Waals surface area contributed by atoms with Crippen LogP contribution in [0.5, 0.6) is 5.75 Å². The normalized spacial score (nSPS) is 16.8. The van der Waals surface area contributed by atoms with E-state index in [0.29, 0.717) is 64.4 Å². The number of nitrogens with zero attached hydrogens (tertiary/aromatic N) is 2. The number of ether oxygens (including phenoxy) is 2. The maximum Gasteiger partial charge on any atom is 0.335 e. The van der Waals surface area contributed by atoms with Gasteiger partial charge in [0.15, 0.2) is 0 Å². The zero-order valence-corrected chi connectivity index (χ0v) is 25.7. The van der Waals surface area contributed by atoms with E-state index in [1.54, 1.807) is 35.2 Å². The van der Waals surface area contributed by atoms with E-state index in [1.807, 2.05) is 36.4 Å². The van der Waals surface area contributed by atoms with E-state index in [9.17, 15) is 14.7 Å². The lowest BCUT2D eigenvalue weighted by atomic mass is 10.0. The number of thiocarbonyl (C=S) groups is 1. The third kappa shape index (κ3) is 7.53. The largest absolute Gasteiger partial charge is 0.493 e. The molecule has 0 unspecified atom stereocenters. The Morgan fingerprint density at radius 2 is 1.90 bits per heavy atom. The molecule has 2 aliphatic rings. The fraction of sp³-hybridized carbons (Fsp3) is 0.258. The topological polar surface area (TPSA) is 79.3 Å². The highest BCUT2D eigenvalue weighted by Crippen LogP contribution is 2.35. The Balaban J connectivity index is 1.20. The zero-order valence-electron chi connectivity index (χ0n) is 22.6. The van der Waals surface area contributed by atoms with Crippen LogP contribution in [0.1, 0.15) is 27.9 Å². The summed E-state index contributed by atoms with van der Waals surface area (Å²) in [4.78, 5) is 29.1. The van der Waals surface area contributed by atoms with Crippen LogP contribution in [0.2, 0.25) is 10.0 Å². The molecular weight excluding hydrogens is 615 g/mol. The van der Waals surface area contributed by atoms with Crippen molar-refractivity contribution in [2.45, 2.75) is 13.0 Å². The highest BCUT2D eigenvalue weighted by atomic mass is 35.5. The maximum atomic E-state index is 13.2. The summed E-state index contributed by atoms with van der Waals surface area (Å²) < 4.78 is 12.0. The summed E-state index contributed by atoms with van der Waals surface area (Å²) in [6.07, 6.45) is 2.40. The van der Waals surface area contributed by atoms with Gasteiger partial charge in [0, 0.05) is 47.4 Å². The summed E-state index contributed by atoms with van der Waals surface area (Å²) in [5, 5.41) is 10.6. The van der Waals surface area contributed by atoms with Gasteiger partial charge in [0.05, 0.1) is 30.3 Å². The van der Waals surface area contributed by atoms with Crippen molar-refractivity contribution in [2.75, 3.05) is 39.5 Å². The summed E-state index contributed by atoms with van der Waals surface area (Å²) in [6.45, 7) is 4.18. The van der Waals surface area contributed by atoms with Crippen LogP contribution in [0.3, 0.4) is 0 Å². The molecule has 1 amide bonds. The molecule has 0 atom stereocenters. The zero-order chi connectivity index (χ0) is 29.6. The SMILES string of the molecule is O=C(O)c1ccc(OCCCN2C(=O)/C(=C/c3cccc(-c4ccc(Cl)cc4Cl)c3)SC2=S)c(CN2CCOCC2)c1. The van der Waals surface area contributed by atoms with Gasteiger partial charge in [-0.25, -0.2) is 4.79 Å². The van der Waals surface area contributed by atoms with Crippen LogP contribution in [0.25, 0.3) is 17.2 Å². The molecule has 2 heterocycles. The van der Waals surface area contributed by atoms with Crippen LogP contribution in [0.4, 0.5) is 0 Å². The number of carboxylic acids is 1. The van der Waals surface area contributed by atoms with Gasteiger partial charge in [-0.2, -0.15) is 0 Å². The number of morpholine rings is 1. The fourth-order valence-electron chi connectivity index (χ4n) is 4.75. The Hall–Kier alpha value is -2.92. The van der Waals surface area contributed by atoms with Crippen molar-refractivity contribution >= 4 is 69.5 Å². The van der Waals surface area contributed by atoms with Crippen LogP contribution in [-0.2, 0) is 16.1 Å². The van der Waals surface area contributed by atoms with E-state index < -0.39 is 5.97 Å². The number of carbonyl (C=O) groups excluding carboxylic acids is 1. The second-order valence-corrected chi connectivity index (χ2v) is 12.3. The molecule has 0 spiro atoms. The van der Waals surface area contributed by atoms with Gasteiger partial charge in [-0.1, -0.05) is 71.4 Å². The first-order valence-corrected chi connectivity index (χ1v) is 15.4. The number of amides is 1. The minimum atomic E-state index is -0.979. The molecule has 11 heteroatoms. The molecule has 0 saturated carbocycles. The quantitative estimate of drug-likeness (QED) is 0.146. The van der Waals surface area contributed by atoms with E-state index in [2.05, 4.69) is 4.90 Å². The highest BCUT2D eigenvalue weighted by Gasteiger charge is 2.31. The van der Waals surface area contributed by atoms with E-state index in [1.165, 1.54) is 11.8 Å². The van der Waals surface area contributed by atoms with E-state index in [0.717, 1.165) is 35.3 Å². The highest BCUT2D eigenvalue weighted by molar-refractivity contribution is 8.26. The minimum Gasteiger partial charge on any atom is -0.493 e. The Kier molecular flexibility index (Phi) is 10.2. The number of aromatic carboxylic acids is 1. The van der Waals surface area contributed by atoms with Gasteiger partial charge in [-0.05, 0) is 60.0 Å². The van der Waals surface area contributed by atoms with E-state index in [4.69, 9.17) is 44.9 Å². The summed E-state index contributed by atoms with van der Waals surface area (Å²) in [6, 6.07) is 18.1. The molecule has 218 valence electrons. The minimum absolute atomic E-state index is 0.140. The third-order valence-electron chi connectivity index (χ3n) is 6.89. The van der Waals surface area contributed by atoms with Gasteiger partial charge in [0.25, 0.3) is 5.91 Å². The first-order valence-electron chi connectivity index (χ1n) is 13.4. The number of carboxylic acid groups (broad SMARTS) is 1. The van der Waals surface area contributed by atoms with Gasteiger partial charge in [-0.3, -0.25) is 14.6 Å². The molecule has 5 rings (SSSR count). The Morgan fingerprint density at radius 1 is 1.10 bits per heavy atom. The molecule has 0 radical (unpaired) electrons. The lowest BCUT2D eigenvalue weighted by Crippen LogP contribution is -2.35. The van der Waals surface area contributed by atoms with Crippen LogP contribution in [0.15, 0.2) is 65.6 Å². The van der Waals surface area contributed by atoms with Gasteiger partial charge < -0.3 is 14.6 Å². The Labute approximate surface area is 264 Å². The van der Waals surface area contributed by atoms with Gasteiger partial charge >= 0.3 is 5.97 Å². The Morgan fingerprint density at radius 3 is 2.67 bits per heavy atom. The van der Waals surface area contributed by atoms with Crippen molar-refractivity contribution in [2.24, 2.45) is 0 Å². The molecule has 42 heavy (non-hydrogen) atoms. The molecule has 1 N–H and O–H groups in total. The molecular formula is C31H28Cl2N2O5S2. The van der Waals surface area contributed by atoms with Gasteiger partial charge in [-0.15, -0.1) is 0 Å². The number of thioether (sulfide) groups is 1. The Bertz CT molecular complexity index is 1540. The number of halogens is 2. The van der Waals surface area contributed by atoms with Crippen molar-refractivity contribution in [3.8, 4) is 16.9 Å². The molecule has 2 fully saturated rings. The van der Waals surface area contributed by atoms with Crippen LogP contribution in [-0.4, -0.2) is 70.6 Å². The van der Waals surface area contributed by atoms with Gasteiger partial charge in [0.1, 0.15) is 10.1 Å². The lowest BCUT2D eigenvalue weighted by molar-refractivity contribution is -0.122. The number of carbonyl (C=O) groups is 2. The fourth-order valence-corrected chi connectivity index (χ4v) is 6.57. The molecule has 3 aromatic rings. The van der Waals surface area contributed by atoms with Crippen molar-refractivity contribution in [3.05, 3.63) is 92.3 Å². The van der Waals surface area contributed by atoms with Crippen LogP contribution in [0, 0.1) is 0 Å². The van der Waals surface area contributed by atoms with E-state index >= 15 is 0 Å². The molecule has 3 aromatic carbocycles. The second kappa shape index (κ2) is 14.0. The monoisotopic (exact) mass is 642 g/mol. The van der Waals surface area contributed by atoms with Crippen molar-refractivity contribution < 1.29 is 24.2 Å².